The fraction of sp³-hybridized carbons (Fsp3) is 0.375. The van der Waals surface area contributed by atoms with Gasteiger partial charge in [-0.05, 0) is 72.9 Å². The summed E-state index contributed by atoms with van der Waals surface area (Å²) in [5.41, 5.74) is 2.40. The fourth-order valence-corrected chi connectivity index (χ4v) is 5.31. The summed E-state index contributed by atoms with van der Waals surface area (Å²) < 4.78 is 12.6. The van der Waals surface area contributed by atoms with E-state index in [0.29, 0.717) is 19.4 Å². The van der Waals surface area contributed by atoms with Crippen molar-refractivity contribution in [2.24, 2.45) is 5.92 Å². The molecule has 0 amide bonds. The Kier molecular flexibility index (Phi) is 6.25. The predicted octanol–water partition coefficient (Wildman–Crippen LogP) is 5.19. The maximum absolute atomic E-state index is 11.4. The van der Waals surface area contributed by atoms with Gasteiger partial charge in [-0.15, -0.1) is 11.3 Å². The van der Waals surface area contributed by atoms with Crippen LogP contribution in [0.2, 0.25) is 0 Å². The molecule has 0 saturated carbocycles. The number of benzene rings is 2. The smallest absolute Gasteiger partial charge is 0.306 e. The van der Waals surface area contributed by atoms with Gasteiger partial charge in [-0.25, -0.2) is 0 Å². The van der Waals surface area contributed by atoms with Crippen molar-refractivity contribution in [2.45, 2.75) is 25.8 Å². The Morgan fingerprint density at radius 3 is 2.67 bits per heavy atom. The van der Waals surface area contributed by atoms with Crippen LogP contribution in [0, 0.1) is 5.92 Å². The number of piperidine rings is 1. The molecule has 2 aromatic carbocycles. The Morgan fingerprint density at radius 1 is 1.20 bits per heavy atom. The van der Waals surface area contributed by atoms with Gasteiger partial charge < -0.3 is 14.6 Å². The van der Waals surface area contributed by atoms with Gasteiger partial charge in [-0.1, -0.05) is 24.3 Å². The first-order valence-corrected chi connectivity index (χ1v) is 11.2. The minimum Gasteiger partial charge on any atom is -0.493 e. The first kappa shape index (κ1) is 20.7. The Bertz CT molecular complexity index is 1020. The van der Waals surface area contributed by atoms with Crippen LogP contribution in [0.3, 0.4) is 0 Å². The normalized spacial score (nSPS) is 16.5. The van der Waals surface area contributed by atoms with Crippen molar-refractivity contribution in [3.63, 3.8) is 0 Å². The van der Waals surface area contributed by atoms with Crippen molar-refractivity contribution in [1.29, 1.82) is 0 Å². The number of thiophene rings is 1. The lowest BCUT2D eigenvalue weighted by Gasteiger charge is -2.37. The third-order valence-corrected chi connectivity index (χ3v) is 6.83. The van der Waals surface area contributed by atoms with Crippen LogP contribution in [0.4, 0.5) is 0 Å². The monoisotopic (exact) mass is 425 g/mol. The van der Waals surface area contributed by atoms with Crippen LogP contribution in [-0.4, -0.2) is 42.8 Å². The average molecular weight is 426 g/mol. The quantitative estimate of drug-likeness (QED) is 0.564. The maximum atomic E-state index is 11.4. The average Bonchev–Trinajstić information content (AvgIpc) is 3.19. The zero-order chi connectivity index (χ0) is 21.1. The Labute approximate surface area is 180 Å². The van der Waals surface area contributed by atoms with E-state index in [1.54, 1.807) is 18.4 Å². The van der Waals surface area contributed by atoms with E-state index in [9.17, 15) is 9.90 Å². The number of hydrogen-bond donors (Lipinski definition) is 1. The van der Waals surface area contributed by atoms with Crippen LogP contribution in [0.1, 0.15) is 36.9 Å². The third kappa shape index (κ3) is 4.02. The molecule has 1 aromatic heterocycles. The summed E-state index contributed by atoms with van der Waals surface area (Å²) in [6, 6.07) is 14.6. The van der Waals surface area contributed by atoms with E-state index >= 15 is 0 Å². The molecule has 1 aliphatic heterocycles. The molecule has 1 unspecified atom stereocenters. The van der Waals surface area contributed by atoms with Crippen LogP contribution in [0.5, 0.6) is 11.5 Å². The summed E-state index contributed by atoms with van der Waals surface area (Å²) in [6.45, 7) is 4.03. The largest absolute Gasteiger partial charge is 0.493 e. The highest BCUT2D eigenvalue weighted by Crippen LogP contribution is 2.41. The molecule has 0 bridgehead atoms. The number of nitrogens with zero attached hydrogens (tertiary/aromatic N) is 1. The molecule has 1 N–H and O–H groups in total. The number of methoxy groups -OCH3 is 1. The molecular weight excluding hydrogens is 398 g/mol. The Balaban J connectivity index is 1.77. The molecule has 1 saturated heterocycles. The SMILES string of the molecule is CCOc1cc(C(c2csc3ccccc23)N2CCC(C(=O)O)CC2)ccc1OC. The van der Waals surface area contributed by atoms with Gasteiger partial charge in [-0.2, -0.15) is 0 Å². The number of carboxylic acids is 1. The number of fused-ring (bicyclic) bond motifs is 1. The molecule has 0 spiro atoms. The molecule has 0 radical (unpaired) electrons. The van der Waals surface area contributed by atoms with Crippen molar-refractivity contribution in [2.75, 3.05) is 26.8 Å². The first-order chi connectivity index (χ1) is 14.6. The standard InChI is InChI=1S/C24H27NO4S/c1-3-29-21-14-17(8-9-20(21)28-2)23(25-12-10-16(11-13-25)24(26)27)19-15-30-22-7-5-4-6-18(19)22/h4-9,14-16,23H,3,10-13H2,1-2H3,(H,26,27). The summed E-state index contributed by atoms with van der Waals surface area (Å²) in [7, 11) is 1.65. The van der Waals surface area contributed by atoms with Crippen molar-refractivity contribution in [3.05, 3.63) is 59.0 Å². The van der Waals surface area contributed by atoms with Crippen LogP contribution in [0.25, 0.3) is 10.1 Å². The van der Waals surface area contributed by atoms with Gasteiger partial charge in [0.2, 0.25) is 0 Å². The molecule has 3 aromatic rings. The fourth-order valence-electron chi connectivity index (χ4n) is 4.33. The van der Waals surface area contributed by atoms with E-state index in [1.165, 1.54) is 15.6 Å². The van der Waals surface area contributed by atoms with E-state index in [1.807, 2.05) is 13.0 Å². The third-order valence-electron chi connectivity index (χ3n) is 5.85. The van der Waals surface area contributed by atoms with Gasteiger partial charge in [0.1, 0.15) is 0 Å². The molecule has 158 valence electrons. The molecule has 5 nitrogen and oxygen atoms in total. The highest BCUT2D eigenvalue weighted by molar-refractivity contribution is 7.17. The Morgan fingerprint density at radius 2 is 1.97 bits per heavy atom. The van der Waals surface area contributed by atoms with Gasteiger partial charge in [-0.3, -0.25) is 9.69 Å². The molecule has 2 heterocycles. The first-order valence-electron chi connectivity index (χ1n) is 10.4. The molecule has 6 heteroatoms. The summed E-state index contributed by atoms with van der Waals surface area (Å²) in [6.07, 6.45) is 1.34. The molecular formula is C24H27NO4S. The molecule has 1 fully saturated rings. The van der Waals surface area contributed by atoms with E-state index in [4.69, 9.17) is 9.47 Å². The lowest BCUT2D eigenvalue weighted by atomic mass is 9.91. The van der Waals surface area contributed by atoms with E-state index in [0.717, 1.165) is 30.2 Å². The number of aliphatic carboxylic acids is 1. The van der Waals surface area contributed by atoms with E-state index in [2.05, 4.69) is 46.7 Å². The van der Waals surface area contributed by atoms with Crippen LogP contribution in [-0.2, 0) is 4.79 Å². The lowest BCUT2D eigenvalue weighted by molar-refractivity contribution is -0.143. The van der Waals surface area contributed by atoms with Crippen LogP contribution < -0.4 is 9.47 Å². The second-order valence-electron chi connectivity index (χ2n) is 7.58. The van der Waals surface area contributed by atoms with E-state index < -0.39 is 5.97 Å². The summed E-state index contributed by atoms with van der Waals surface area (Å²) in [4.78, 5) is 13.9. The summed E-state index contributed by atoms with van der Waals surface area (Å²) in [5.74, 6) is 0.521. The van der Waals surface area contributed by atoms with Crippen LogP contribution >= 0.6 is 11.3 Å². The summed E-state index contributed by atoms with van der Waals surface area (Å²) >= 11 is 1.75. The molecule has 1 atom stereocenters. The zero-order valence-electron chi connectivity index (χ0n) is 17.3. The number of carbonyl (C=O) groups is 1. The lowest BCUT2D eigenvalue weighted by Crippen LogP contribution is -2.39. The number of rotatable bonds is 7. The highest BCUT2D eigenvalue weighted by Gasteiger charge is 2.31. The maximum Gasteiger partial charge on any atom is 0.306 e. The predicted molar refractivity (Wildman–Crippen MR) is 120 cm³/mol. The molecule has 1 aliphatic rings. The minimum atomic E-state index is -0.685. The number of likely N-dealkylation sites (tertiary alicyclic amines) is 1. The van der Waals surface area contributed by atoms with Gasteiger partial charge in [0.05, 0.1) is 25.7 Å². The van der Waals surface area contributed by atoms with Gasteiger partial charge in [0.15, 0.2) is 11.5 Å². The number of ether oxygens (including phenoxy) is 2. The van der Waals surface area contributed by atoms with Gasteiger partial charge in [0, 0.05) is 4.70 Å². The molecule has 4 rings (SSSR count). The molecule has 0 aliphatic carbocycles. The van der Waals surface area contributed by atoms with Crippen LogP contribution in [0.15, 0.2) is 47.8 Å². The van der Waals surface area contributed by atoms with Crippen molar-refractivity contribution in [3.8, 4) is 11.5 Å². The minimum absolute atomic E-state index is 0.0426. The van der Waals surface area contributed by atoms with Crippen molar-refractivity contribution < 1.29 is 19.4 Å². The second-order valence-corrected chi connectivity index (χ2v) is 8.49. The van der Waals surface area contributed by atoms with Gasteiger partial charge >= 0.3 is 5.97 Å². The molecule has 30 heavy (non-hydrogen) atoms. The topological polar surface area (TPSA) is 59.0 Å². The van der Waals surface area contributed by atoms with E-state index in [-0.39, 0.29) is 12.0 Å². The van der Waals surface area contributed by atoms with Crippen molar-refractivity contribution >= 4 is 27.4 Å². The second kappa shape index (κ2) is 9.06. The van der Waals surface area contributed by atoms with Crippen molar-refractivity contribution in [1.82, 2.24) is 4.90 Å². The Hall–Kier alpha value is -2.57. The summed E-state index contributed by atoms with van der Waals surface area (Å²) in [5, 5.41) is 12.9. The number of hydrogen-bond acceptors (Lipinski definition) is 5. The zero-order valence-corrected chi connectivity index (χ0v) is 18.2. The van der Waals surface area contributed by atoms with Gasteiger partial charge in [0.25, 0.3) is 0 Å². The number of carboxylic acid groups (broad SMARTS) is 1. The highest BCUT2D eigenvalue weighted by atomic mass is 32.1.